The van der Waals surface area contributed by atoms with E-state index in [1.54, 1.807) is 0 Å². The summed E-state index contributed by atoms with van der Waals surface area (Å²) in [6.07, 6.45) is 0. The van der Waals surface area contributed by atoms with Crippen LogP contribution in [-0.4, -0.2) is 52.7 Å². The highest BCUT2D eigenvalue weighted by atomic mass is 32.2. The lowest BCUT2D eigenvalue weighted by Gasteiger charge is -2.26. The Balaban J connectivity index is 2.70. The molecular weight excluding hydrogens is 342 g/mol. The summed E-state index contributed by atoms with van der Waals surface area (Å²) in [6, 6.07) is 2.18. The van der Waals surface area contributed by atoms with Gasteiger partial charge in [-0.15, -0.1) is 11.8 Å². The highest BCUT2D eigenvalue weighted by Crippen LogP contribution is 2.21. The zero-order valence-corrected chi connectivity index (χ0v) is 14.0. The van der Waals surface area contributed by atoms with E-state index in [0.717, 1.165) is 28.8 Å². The van der Waals surface area contributed by atoms with E-state index >= 15 is 0 Å². The molecule has 1 atom stereocenters. The van der Waals surface area contributed by atoms with Crippen LogP contribution < -0.4 is 5.32 Å². The van der Waals surface area contributed by atoms with Crippen molar-refractivity contribution in [2.45, 2.75) is 24.8 Å². The first-order valence-electron chi connectivity index (χ1n) is 7.07. The number of benzene rings is 1. The third-order valence-corrected chi connectivity index (χ3v) is 4.10. The highest BCUT2D eigenvalue weighted by Gasteiger charge is 2.25. The molecular formula is C15H18F2N2O4S. The number of halogens is 2. The highest BCUT2D eigenvalue weighted by molar-refractivity contribution is 8.00. The van der Waals surface area contributed by atoms with Crippen molar-refractivity contribution >= 4 is 29.5 Å². The van der Waals surface area contributed by atoms with Crippen LogP contribution >= 0.6 is 11.8 Å². The van der Waals surface area contributed by atoms with Gasteiger partial charge in [0.1, 0.15) is 6.04 Å². The van der Waals surface area contributed by atoms with Gasteiger partial charge in [0.05, 0.1) is 5.75 Å². The number of rotatable bonds is 8. The third-order valence-electron chi connectivity index (χ3n) is 3.13. The number of carbonyl (C=O) groups excluding carboxylic acids is 2. The summed E-state index contributed by atoms with van der Waals surface area (Å²) in [6.45, 7) is 2.82. The normalized spacial score (nSPS) is 11.7. The van der Waals surface area contributed by atoms with E-state index in [-0.39, 0.29) is 24.7 Å². The van der Waals surface area contributed by atoms with Crippen LogP contribution in [0.4, 0.5) is 8.78 Å². The molecule has 1 aromatic rings. The first-order chi connectivity index (χ1) is 11.2. The van der Waals surface area contributed by atoms with Crippen LogP contribution in [0.25, 0.3) is 0 Å². The van der Waals surface area contributed by atoms with Gasteiger partial charge in [0.2, 0.25) is 11.8 Å². The van der Waals surface area contributed by atoms with Crippen LogP contribution in [0.15, 0.2) is 23.1 Å². The van der Waals surface area contributed by atoms with Crippen LogP contribution in [0.5, 0.6) is 0 Å². The van der Waals surface area contributed by atoms with Crippen LogP contribution in [0, 0.1) is 11.6 Å². The maximum atomic E-state index is 13.1. The summed E-state index contributed by atoms with van der Waals surface area (Å²) >= 11 is 0.970. The summed E-state index contributed by atoms with van der Waals surface area (Å²) in [4.78, 5) is 35.7. The van der Waals surface area contributed by atoms with Crippen molar-refractivity contribution in [2.75, 3.05) is 18.8 Å². The molecule has 0 radical (unpaired) electrons. The number of nitrogens with zero attached hydrogens (tertiary/aromatic N) is 1. The molecule has 0 aromatic heterocycles. The molecule has 6 nitrogen and oxygen atoms in total. The molecule has 0 aliphatic carbocycles. The van der Waals surface area contributed by atoms with E-state index in [0.29, 0.717) is 4.90 Å². The number of carboxylic acid groups (broad SMARTS) is 1. The standard InChI is InChI=1S/C15H18F2N2O4S/c1-9(15(22)23)19(6-5-18-10(2)20)14(21)8-24-11-3-4-12(16)13(17)7-11/h3-4,7,9H,5-6,8H2,1-2H3,(H,18,20)(H,22,23). The lowest BCUT2D eigenvalue weighted by molar-refractivity contribution is -0.148. The second kappa shape index (κ2) is 9.21. The van der Waals surface area contributed by atoms with Gasteiger partial charge in [-0.2, -0.15) is 0 Å². The Morgan fingerprint density at radius 3 is 2.50 bits per heavy atom. The molecule has 24 heavy (non-hydrogen) atoms. The minimum atomic E-state index is -1.18. The van der Waals surface area contributed by atoms with Crippen molar-refractivity contribution in [1.82, 2.24) is 10.2 Å². The Morgan fingerprint density at radius 2 is 1.96 bits per heavy atom. The van der Waals surface area contributed by atoms with Crippen molar-refractivity contribution in [1.29, 1.82) is 0 Å². The number of carbonyl (C=O) groups is 3. The topological polar surface area (TPSA) is 86.7 Å². The second-order valence-electron chi connectivity index (χ2n) is 4.95. The summed E-state index contributed by atoms with van der Waals surface area (Å²) in [5, 5.41) is 11.6. The zero-order chi connectivity index (χ0) is 18.3. The quantitative estimate of drug-likeness (QED) is 0.686. The molecule has 1 unspecified atom stereocenters. The largest absolute Gasteiger partial charge is 0.480 e. The lowest BCUT2D eigenvalue weighted by Crippen LogP contribution is -2.47. The number of hydrogen-bond donors (Lipinski definition) is 2. The van der Waals surface area contributed by atoms with Gasteiger partial charge in [-0.05, 0) is 25.1 Å². The fourth-order valence-corrected chi connectivity index (χ4v) is 2.62. The molecule has 0 saturated carbocycles. The average molecular weight is 360 g/mol. The van der Waals surface area contributed by atoms with Crippen molar-refractivity contribution in [2.24, 2.45) is 0 Å². The molecule has 0 heterocycles. The fourth-order valence-electron chi connectivity index (χ4n) is 1.81. The minimum Gasteiger partial charge on any atom is -0.480 e. The van der Waals surface area contributed by atoms with Crippen LogP contribution in [-0.2, 0) is 14.4 Å². The molecule has 1 rings (SSSR count). The molecule has 0 saturated heterocycles. The SMILES string of the molecule is CC(=O)NCCN(C(=O)CSc1ccc(F)c(F)c1)C(C)C(=O)O. The van der Waals surface area contributed by atoms with E-state index in [9.17, 15) is 23.2 Å². The van der Waals surface area contributed by atoms with Gasteiger partial charge >= 0.3 is 5.97 Å². The molecule has 132 valence electrons. The van der Waals surface area contributed by atoms with Gasteiger partial charge < -0.3 is 15.3 Å². The van der Waals surface area contributed by atoms with Gasteiger partial charge in [0.25, 0.3) is 0 Å². The van der Waals surface area contributed by atoms with Gasteiger partial charge in [-0.3, -0.25) is 9.59 Å². The van der Waals surface area contributed by atoms with Gasteiger partial charge in [0.15, 0.2) is 11.6 Å². The van der Waals surface area contributed by atoms with E-state index < -0.39 is 29.6 Å². The first-order valence-corrected chi connectivity index (χ1v) is 8.05. The summed E-state index contributed by atoms with van der Waals surface area (Å²) in [7, 11) is 0. The Kier molecular flexibility index (Phi) is 7.63. The maximum Gasteiger partial charge on any atom is 0.326 e. The van der Waals surface area contributed by atoms with Crippen molar-refractivity contribution in [3.8, 4) is 0 Å². The number of nitrogens with one attached hydrogen (secondary N) is 1. The molecule has 0 fully saturated rings. The molecule has 1 aromatic carbocycles. The van der Waals surface area contributed by atoms with Gasteiger partial charge in [-0.25, -0.2) is 13.6 Å². The molecule has 0 spiro atoms. The Hall–Kier alpha value is -2.16. The van der Waals surface area contributed by atoms with E-state index in [2.05, 4.69) is 5.32 Å². The Bertz CT molecular complexity index is 627. The lowest BCUT2D eigenvalue weighted by atomic mass is 10.2. The average Bonchev–Trinajstić information content (AvgIpc) is 2.51. The van der Waals surface area contributed by atoms with Crippen LogP contribution in [0.3, 0.4) is 0 Å². The molecule has 0 bridgehead atoms. The molecule has 2 N–H and O–H groups in total. The smallest absolute Gasteiger partial charge is 0.326 e. The maximum absolute atomic E-state index is 13.1. The summed E-state index contributed by atoms with van der Waals surface area (Å²) < 4.78 is 26.0. The van der Waals surface area contributed by atoms with Gasteiger partial charge in [-0.1, -0.05) is 0 Å². The van der Waals surface area contributed by atoms with Crippen LogP contribution in [0.1, 0.15) is 13.8 Å². The summed E-state index contributed by atoms with van der Waals surface area (Å²) in [5.41, 5.74) is 0. The van der Waals surface area contributed by atoms with Crippen LogP contribution in [0.2, 0.25) is 0 Å². The Labute approximate surface area is 142 Å². The van der Waals surface area contributed by atoms with Crippen molar-refractivity contribution in [3.05, 3.63) is 29.8 Å². The minimum absolute atomic E-state index is 0.0320. The number of hydrogen-bond acceptors (Lipinski definition) is 4. The number of amides is 2. The fraction of sp³-hybridized carbons (Fsp3) is 0.400. The second-order valence-corrected chi connectivity index (χ2v) is 6.00. The first kappa shape index (κ1) is 19.9. The summed E-state index contributed by atoms with van der Waals surface area (Å²) in [5.74, 6) is -4.09. The number of carboxylic acids is 1. The number of thioether (sulfide) groups is 1. The predicted molar refractivity (Wildman–Crippen MR) is 84.6 cm³/mol. The van der Waals surface area contributed by atoms with E-state index in [4.69, 9.17) is 5.11 Å². The molecule has 2 amide bonds. The Morgan fingerprint density at radius 1 is 1.29 bits per heavy atom. The third kappa shape index (κ3) is 6.15. The van der Waals surface area contributed by atoms with Crippen molar-refractivity contribution < 1.29 is 28.3 Å². The van der Waals surface area contributed by atoms with E-state index in [1.165, 1.54) is 19.9 Å². The molecule has 0 aliphatic rings. The predicted octanol–water partition coefficient (Wildman–Crippen LogP) is 1.49. The monoisotopic (exact) mass is 360 g/mol. The van der Waals surface area contributed by atoms with Gasteiger partial charge in [0, 0.05) is 24.9 Å². The number of aliphatic carboxylic acids is 1. The molecule has 9 heteroatoms. The van der Waals surface area contributed by atoms with E-state index in [1.807, 2.05) is 0 Å². The molecule has 0 aliphatic heterocycles. The zero-order valence-electron chi connectivity index (χ0n) is 13.2. The van der Waals surface area contributed by atoms with Crippen molar-refractivity contribution in [3.63, 3.8) is 0 Å².